The van der Waals surface area contributed by atoms with Crippen LogP contribution in [0.1, 0.15) is 16.7 Å². The van der Waals surface area contributed by atoms with Crippen LogP contribution >= 0.6 is 0 Å². The Balaban J connectivity index is 1.18. The maximum atomic E-state index is 13.4. The third kappa shape index (κ3) is 7.11. The molecule has 45 heavy (non-hydrogen) atoms. The minimum atomic E-state index is -4.01. The van der Waals surface area contributed by atoms with E-state index in [9.17, 15) is 17.6 Å². The van der Waals surface area contributed by atoms with Gasteiger partial charge in [0.15, 0.2) is 0 Å². The number of pyridine rings is 2. The van der Waals surface area contributed by atoms with E-state index in [1.165, 1.54) is 17.7 Å². The number of halogens is 1. The summed E-state index contributed by atoms with van der Waals surface area (Å²) >= 11 is 0. The molecule has 1 N–H and O–H groups in total. The van der Waals surface area contributed by atoms with Crippen LogP contribution in [0.2, 0.25) is 0 Å². The Morgan fingerprint density at radius 3 is 2.44 bits per heavy atom. The van der Waals surface area contributed by atoms with Gasteiger partial charge in [0, 0.05) is 63.8 Å². The highest BCUT2D eigenvalue weighted by Gasteiger charge is 2.36. The van der Waals surface area contributed by atoms with Gasteiger partial charge in [-0.2, -0.15) is 4.31 Å². The lowest BCUT2D eigenvalue weighted by Crippen LogP contribution is -2.46. The van der Waals surface area contributed by atoms with Crippen LogP contribution in [0.4, 0.5) is 10.2 Å². The molecule has 4 aromatic rings. The number of benzene rings is 2. The highest BCUT2D eigenvalue weighted by atomic mass is 32.2. The van der Waals surface area contributed by atoms with Gasteiger partial charge in [0.05, 0.1) is 10.6 Å². The lowest BCUT2D eigenvalue weighted by molar-refractivity contribution is -0.123. The standard InChI is InChI=1S/C34H35FN6O3S/c1-25-6-8-28(9-7-25)31-20-27(21-33(38-31)40-18-16-39(17-19-40)24-26-4-2-14-36-22-26)23-37-34(42)32-5-3-15-41(32)45(43,44)30-12-10-29(35)11-13-30/h2-14,20-22,32H,15-19,23-24H2,1H3,(H,37,42)/t32-/m0/s1. The van der Waals surface area contributed by atoms with Crippen molar-refractivity contribution in [3.05, 3.63) is 120 Å². The highest BCUT2D eigenvalue weighted by Crippen LogP contribution is 2.26. The average Bonchev–Trinajstić information content (AvgIpc) is 3.56. The predicted octanol–water partition coefficient (Wildman–Crippen LogP) is 4.16. The number of hydrogen-bond acceptors (Lipinski definition) is 7. The molecule has 6 rings (SSSR count). The number of amides is 1. The van der Waals surface area contributed by atoms with Crippen molar-refractivity contribution >= 4 is 21.7 Å². The molecule has 1 saturated heterocycles. The summed E-state index contributed by atoms with van der Waals surface area (Å²) in [6.45, 7) is 6.51. The van der Waals surface area contributed by atoms with Gasteiger partial charge >= 0.3 is 0 Å². The van der Waals surface area contributed by atoms with Crippen molar-refractivity contribution < 1.29 is 17.6 Å². The number of nitrogens with zero attached hydrogens (tertiary/aromatic N) is 5. The molecular formula is C34H35FN6O3S. The Labute approximate surface area is 263 Å². The van der Waals surface area contributed by atoms with Crippen LogP contribution in [0.5, 0.6) is 0 Å². The van der Waals surface area contributed by atoms with Gasteiger partial charge in [0.1, 0.15) is 17.7 Å². The highest BCUT2D eigenvalue weighted by molar-refractivity contribution is 7.89. The fraction of sp³-hybridized carbons (Fsp3) is 0.265. The van der Waals surface area contributed by atoms with Gasteiger partial charge in [-0.05, 0) is 60.5 Å². The fourth-order valence-corrected chi connectivity index (χ4v) is 7.10. The van der Waals surface area contributed by atoms with Gasteiger partial charge in [0.2, 0.25) is 15.9 Å². The molecule has 2 aromatic carbocycles. The first-order chi connectivity index (χ1) is 21.8. The zero-order valence-corrected chi connectivity index (χ0v) is 25.8. The minimum Gasteiger partial charge on any atom is -0.354 e. The summed E-state index contributed by atoms with van der Waals surface area (Å²) < 4.78 is 41.1. The molecule has 2 aromatic heterocycles. The molecule has 9 nitrogen and oxygen atoms in total. The SMILES string of the molecule is Cc1ccc(-c2cc(CNC(=O)[C@@H]3C=CCN3S(=O)(=O)c3ccc(F)cc3)cc(N3CCN(Cc4cccnc4)CC3)n2)cc1. The first kappa shape index (κ1) is 30.6. The van der Waals surface area contributed by atoms with E-state index in [-0.39, 0.29) is 18.0 Å². The molecule has 0 saturated carbocycles. The van der Waals surface area contributed by atoms with Crippen molar-refractivity contribution in [2.24, 2.45) is 0 Å². The van der Waals surface area contributed by atoms with E-state index in [0.717, 1.165) is 77.4 Å². The van der Waals surface area contributed by atoms with Crippen LogP contribution in [0.25, 0.3) is 11.3 Å². The third-order valence-corrected chi connectivity index (χ3v) is 9.98. The number of anilines is 1. The van der Waals surface area contributed by atoms with E-state index in [2.05, 4.69) is 26.2 Å². The molecule has 232 valence electrons. The molecule has 0 aliphatic carbocycles. The van der Waals surface area contributed by atoms with Crippen LogP contribution < -0.4 is 10.2 Å². The number of piperazine rings is 1. The number of nitrogens with one attached hydrogen (secondary N) is 1. The number of aromatic nitrogens is 2. The summed E-state index contributed by atoms with van der Waals surface area (Å²) in [5, 5.41) is 2.94. The summed E-state index contributed by atoms with van der Waals surface area (Å²) in [7, 11) is -4.01. The van der Waals surface area contributed by atoms with E-state index in [1.807, 2.05) is 55.6 Å². The van der Waals surface area contributed by atoms with E-state index >= 15 is 0 Å². The first-order valence-electron chi connectivity index (χ1n) is 14.9. The Morgan fingerprint density at radius 2 is 1.73 bits per heavy atom. The van der Waals surface area contributed by atoms with Crippen LogP contribution in [-0.2, 0) is 27.9 Å². The van der Waals surface area contributed by atoms with E-state index < -0.39 is 27.8 Å². The van der Waals surface area contributed by atoms with Crippen molar-refractivity contribution in [2.45, 2.75) is 31.0 Å². The van der Waals surface area contributed by atoms with Gasteiger partial charge in [-0.15, -0.1) is 0 Å². The summed E-state index contributed by atoms with van der Waals surface area (Å²) in [6, 6.07) is 19.8. The number of rotatable bonds is 9. The van der Waals surface area contributed by atoms with Crippen molar-refractivity contribution in [3.8, 4) is 11.3 Å². The molecule has 2 aliphatic rings. The number of carbonyl (C=O) groups excluding carboxylic acids is 1. The normalized spacial score (nSPS) is 17.5. The first-order valence-corrected chi connectivity index (χ1v) is 16.4. The van der Waals surface area contributed by atoms with Crippen LogP contribution in [-0.4, -0.2) is 72.3 Å². The number of sulfonamides is 1. The molecule has 0 radical (unpaired) electrons. The molecule has 1 atom stereocenters. The number of carbonyl (C=O) groups is 1. The maximum Gasteiger partial charge on any atom is 0.244 e. The largest absolute Gasteiger partial charge is 0.354 e. The fourth-order valence-electron chi connectivity index (χ4n) is 5.60. The van der Waals surface area contributed by atoms with Crippen molar-refractivity contribution in [1.29, 1.82) is 0 Å². The van der Waals surface area contributed by atoms with E-state index in [0.29, 0.717) is 0 Å². The van der Waals surface area contributed by atoms with Gasteiger partial charge < -0.3 is 10.2 Å². The molecular weight excluding hydrogens is 591 g/mol. The van der Waals surface area contributed by atoms with Crippen molar-refractivity contribution in [2.75, 3.05) is 37.6 Å². The van der Waals surface area contributed by atoms with Gasteiger partial charge in [0.25, 0.3) is 0 Å². The number of hydrogen-bond donors (Lipinski definition) is 1. The lowest BCUT2D eigenvalue weighted by Gasteiger charge is -2.35. The Morgan fingerprint density at radius 1 is 0.978 bits per heavy atom. The second-order valence-corrected chi connectivity index (χ2v) is 13.2. The smallest absolute Gasteiger partial charge is 0.244 e. The van der Waals surface area contributed by atoms with E-state index in [1.54, 1.807) is 18.3 Å². The second kappa shape index (κ2) is 13.3. The van der Waals surface area contributed by atoms with Crippen LogP contribution in [0.3, 0.4) is 0 Å². The van der Waals surface area contributed by atoms with E-state index in [4.69, 9.17) is 4.98 Å². The summed E-state index contributed by atoms with van der Waals surface area (Å²) in [5.74, 6) is -0.135. The Bertz CT molecular complexity index is 1780. The van der Waals surface area contributed by atoms with Crippen molar-refractivity contribution in [1.82, 2.24) is 24.5 Å². The van der Waals surface area contributed by atoms with Gasteiger partial charge in [-0.25, -0.2) is 17.8 Å². The topological polar surface area (TPSA) is 98.7 Å². The molecule has 0 spiro atoms. The molecule has 11 heteroatoms. The molecule has 0 unspecified atom stereocenters. The Kier molecular flexibility index (Phi) is 9.02. The third-order valence-electron chi connectivity index (χ3n) is 8.11. The van der Waals surface area contributed by atoms with Gasteiger partial charge in [-0.1, -0.05) is 48.0 Å². The van der Waals surface area contributed by atoms with Crippen LogP contribution in [0, 0.1) is 12.7 Å². The maximum absolute atomic E-state index is 13.4. The van der Waals surface area contributed by atoms with Crippen LogP contribution in [0.15, 0.2) is 102 Å². The lowest BCUT2D eigenvalue weighted by atomic mass is 10.1. The zero-order chi connectivity index (χ0) is 31.4. The monoisotopic (exact) mass is 626 g/mol. The molecule has 2 aliphatic heterocycles. The molecule has 0 bridgehead atoms. The molecule has 1 fully saturated rings. The predicted molar refractivity (Wildman–Crippen MR) is 171 cm³/mol. The molecule has 4 heterocycles. The second-order valence-electron chi connectivity index (χ2n) is 11.3. The number of aryl methyl sites for hydroxylation is 1. The Hall–Kier alpha value is -4.45. The van der Waals surface area contributed by atoms with Crippen molar-refractivity contribution in [3.63, 3.8) is 0 Å². The minimum absolute atomic E-state index is 0.0571. The van der Waals surface area contributed by atoms with Gasteiger partial charge in [-0.3, -0.25) is 14.7 Å². The summed E-state index contributed by atoms with van der Waals surface area (Å²) in [4.78, 5) is 27.2. The quantitative estimate of drug-likeness (QED) is 0.279. The summed E-state index contributed by atoms with van der Waals surface area (Å²) in [6.07, 6.45) is 6.92. The molecule has 1 amide bonds. The average molecular weight is 627 g/mol. The zero-order valence-electron chi connectivity index (χ0n) is 25.0. The summed E-state index contributed by atoms with van der Waals surface area (Å²) in [5.41, 5.74) is 4.97.